The first kappa shape index (κ1) is 17.7. The van der Waals surface area contributed by atoms with Crippen molar-refractivity contribution in [1.82, 2.24) is 0 Å². The molecule has 0 saturated heterocycles. The second-order valence-corrected chi connectivity index (χ2v) is 5.64. The fraction of sp³-hybridized carbons (Fsp3) is 0.706. The van der Waals surface area contributed by atoms with Crippen LogP contribution >= 0.6 is 0 Å². The largest absolute Gasteiger partial charge is 0.481 e. The highest BCUT2D eigenvalue weighted by Crippen LogP contribution is 2.35. The minimum atomic E-state index is -0.789. The Morgan fingerprint density at radius 1 is 1.38 bits per heavy atom. The van der Waals surface area contributed by atoms with E-state index in [2.05, 4.69) is 11.8 Å². The van der Waals surface area contributed by atoms with Crippen molar-refractivity contribution in [2.75, 3.05) is 0 Å². The predicted molar refractivity (Wildman–Crippen MR) is 81.5 cm³/mol. The van der Waals surface area contributed by atoms with Gasteiger partial charge in [-0.05, 0) is 31.6 Å². The van der Waals surface area contributed by atoms with Gasteiger partial charge in [0.05, 0.1) is 12.2 Å². The molecule has 4 nitrogen and oxygen atoms in total. The molecule has 0 aromatic heterocycles. The third-order valence-electron chi connectivity index (χ3n) is 3.99. The summed E-state index contributed by atoms with van der Waals surface area (Å²) in [5.74, 6) is 5.66. The van der Waals surface area contributed by atoms with E-state index in [-0.39, 0.29) is 24.4 Å². The molecular weight excluding hydrogens is 268 g/mol. The van der Waals surface area contributed by atoms with E-state index >= 15 is 0 Å². The zero-order valence-electron chi connectivity index (χ0n) is 12.7. The Bertz CT molecular complexity index is 405. The van der Waals surface area contributed by atoms with Crippen molar-refractivity contribution in [3.05, 3.63) is 12.2 Å². The molecular formula is C17H26O4. The molecule has 0 aromatic rings. The number of carboxylic acids is 1. The number of carboxylic acid groups (broad SMARTS) is 1. The lowest BCUT2D eigenvalue weighted by atomic mass is 9.91. The molecule has 4 atom stereocenters. The number of aliphatic hydroxyl groups excluding tert-OH is 2. The van der Waals surface area contributed by atoms with Crippen LogP contribution in [0.2, 0.25) is 0 Å². The van der Waals surface area contributed by atoms with E-state index in [1.165, 1.54) is 0 Å². The predicted octanol–water partition coefficient (Wildman–Crippen LogP) is 2.35. The Kier molecular flexibility index (Phi) is 8.11. The van der Waals surface area contributed by atoms with Gasteiger partial charge < -0.3 is 15.3 Å². The van der Waals surface area contributed by atoms with Gasteiger partial charge in [0.2, 0.25) is 0 Å². The Morgan fingerprint density at radius 3 is 2.81 bits per heavy atom. The van der Waals surface area contributed by atoms with Crippen LogP contribution in [0.3, 0.4) is 0 Å². The summed E-state index contributed by atoms with van der Waals surface area (Å²) >= 11 is 0. The van der Waals surface area contributed by atoms with Crippen LogP contribution in [-0.2, 0) is 4.79 Å². The average Bonchev–Trinajstić information content (AvgIpc) is 2.80. The summed E-state index contributed by atoms with van der Waals surface area (Å²) in [6.45, 7) is 1.93. The number of carbonyl (C=O) groups is 1. The smallest absolute Gasteiger partial charge is 0.303 e. The summed E-state index contributed by atoms with van der Waals surface area (Å²) in [6.07, 6.45) is 7.44. The third-order valence-corrected chi connectivity index (χ3v) is 3.99. The van der Waals surface area contributed by atoms with Gasteiger partial charge in [-0.15, -0.1) is 11.8 Å². The molecule has 1 saturated carbocycles. The molecule has 0 spiro atoms. The molecule has 4 heteroatoms. The van der Waals surface area contributed by atoms with E-state index in [4.69, 9.17) is 5.11 Å². The topological polar surface area (TPSA) is 77.8 Å². The van der Waals surface area contributed by atoms with Crippen molar-refractivity contribution < 1.29 is 20.1 Å². The quantitative estimate of drug-likeness (QED) is 0.382. The maximum atomic E-state index is 10.4. The summed E-state index contributed by atoms with van der Waals surface area (Å²) in [4.78, 5) is 10.4. The van der Waals surface area contributed by atoms with Gasteiger partial charge in [0.1, 0.15) is 0 Å². The standard InChI is InChI=1S/C17H26O4/c1-2-14(18)11-9-13-10-12-16(19)15(13)7-5-3-4-6-8-17(20)21/h9,11,13-16,18-19H,2,4,6-8,10,12H2,1H3,(H,20,21)/b11-9+. The van der Waals surface area contributed by atoms with Gasteiger partial charge in [0, 0.05) is 25.2 Å². The molecule has 4 unspecified atom stereocenters. The highest BCUT2D eigenvalue weighted by molar-refractivity contribution is 5.66. The maximum absolute atomic E-state index is 10.4. The monoisotopic (exact) mass is 294 g/mol. The second kappa shape index (κ2) is 9.59. The van der Waals surface area contributed by atoms with Gasteiger partial charge in [0.25, 0.3) is 0 Å². The van der Waals surface area contributed by atoms with E-state index in [0.29, 0.717) is 25.7 Å². The molecule has 0 bridgehead atoms. The highest BCUT2D eigenvalue weighted by atomic mass is 16.4. The highest BCUT2D eigenvalue weighted by Gasteiger charge is 2.32. The van der Waals surface area contributed by atoms with Crippen molar-refractivity contribution >= 4 is 5.97 Å². The van der Waals surface area contributed by atoms with Crippen LogP contribution < -0.4 is 0 Å². The average molecular weight is 294 g/mol. The summed E-state index contributed by atoms with van der Waals surface area (Å²) in [5, 5.41) is 28.1. The van der Waals surface area contributed by atoms with Crippen LogP contribution in [0.25, 0.3) is 0 Å². The molecule has 0 heterocycles. The Balaban J connectivity index is 2.41. The van der Waals surface area contributed by atoms with Crippen LogP contribution in [-0.4, -0.2) is 33.5 Å². The fourth-order valence-corrected chi connectivity index (χ4v) is 2.62. The first-order valence-corrected chi connectivity index (χ1v) is 7.76. The van der Waals surface area contributed by atoms with E-state index in [9.17, 15) is 15.0 Å². The Labute approximate surface area is 126 Å². The minimum Gasteiger partial charge on any atom is -0.481 e. The van der Waals surface area contributed by atoms with Gasteiger partial charge >= 0.3 is 5.97 Å². The number of unbranched alkanes of at least 4 members (excludes halogenated alkanes) is 1. The lowest BCUT2D eigenvalue weighted by Crippen LogP contribution is -2.17. The van der Waals surface area contributed by atoms with Crippen LogP contribution in [0, 0.1) is 23.7 Å². The molecule has 1 rings (SSSR count). The molecule has 21 heavy (non-hydrogen) atoms. The summed E-state index contributed by atoms with van der Waals surface area (Å²) < 4.78 is 0. The summed E-state index contributed by atoms with van der Waals surface area (Å²) in [5.41, 5.74) is 0. The van der Waals surface area contributed by atoms with Crippen molar-refractivity contribution in [2.24, 2.45) is 11.8 Å². The van der Waals surface area contributed by atoms with Crippen molar-refractivity contribution in [1.29, 1.82) is 0 Å². The molecule has 1 aliphatic carbocycles. The fourth-order valence-electron chi connectivity index (χ4n) is 2.62. The Morgan fingerprint density at radius 2 is 2.14 bits per heavy atom. The molecule has 118 valence electrons. The van der Waals surface area contributed by atoms with Gasteiger partial charge in [0.15, 0.2) is 0 Å². The van der Waals surface area contributed by atoms with E-state index in [1.807, 2.05) is 19.1 Å². The first-order chi connectivity index (χ1) is 10.0. The van der Waals surface area contributed by atoms with E-state index < -0.39 is 12.1 Å². The van der Waals surface area contributed by atoms with Gasteiger partial charge in [-0.25, -0.2) is 0 Å². The van der Waals surface area contributed by atoms with E-state index in [1.54, 1.807) is 0 Å². The lowest BCUT2D eigenvalue weighted by Gasteiger charge is -2.17. The van der Waals surface area contributed by atoms with Gasteiger partial charge in [-0.2, -0.15) is 0 Å². The zero-order valence-corrected chi connectivity index (χ0v) is 12.7. The first-order valence-electron chi connectivity index (χ1n) is 7.76. The van der Waals surface area contributed by atoms with E-state index in [0.717, 1.165) is 12.8 Å². The minimum absolute atomic E-state index is 0.122. The molecule has 0 aromatic carbocycles. The van der Waals surface area contributed by atoms with Crippen molar-refractivity contribution in [3.63, 3.8) is 0 Å². The van der Waals surface area contributed by atoms with Crippen LogP contribution in [0.1, 0.15) is 51.9 Å². The van der Waals surface area contributed by atoms with Crippen LogP contribution in [0.4, 0.5) is 0 Å². The summed E-state index contributed by atoms with van der Waals surface area (Å²) in [7, 11) is 0. The van der Waals surface area contributed by atoms with Crippen molar-refractivity contribution in [2.45, 2.75) is 64.1 Å². The number of allylic oxidation sites excluding steroid dienone is 1. The maximum Gasteiger partial charge on any atom is 0.303 e. The molecule has 1 fully saturated rings. The summed E-state index contributed by atoms with van der Waals surface area (Å²) in [6, 6.07) is 0. The zero-order chi connectivity index (χ0) is 15.7. The molecule has 3 N–H and O–H groups in total. The Hall–Kier alpha value is -1.31. The number of rotatable bonds is 7. The number of hydrogen-bond donors (Lipinski definition) is 3. The lowest BCUT2D eigenvalue weighted by molar-refractivity contribution is -0.137. The van der Waals surface area contributed by atoms with Gasteiger partial charge in [-0.1, -0.05) is 19.1 Å². The number of aliphatic carboxylic acids is 1. The SMILES string of the molecule is CCC(O)/C=C/C1CCC(O)C1CC#CCCCC(=O)O. The third kappa shape index (κ3) is 6.79. The second-order valence-electron chi connectivity index (χ2n) is 5.64. The number of hydrogen-bond acceptors (Lipinski definition) is 3. The van der Waals surface area contributed by atoms with Crippen LogP contribution in [0.5, 0.6) is 0 Å². The molecule has 1 aliphatic rings. The molecule has 0 radical (unpaired) electrons. The van der Waals surface area contributed by atoms with Gasteiger partial charge in [-0.3, -0.25) is 4.79 Å². The van der Waals surface area contributed by atoms with Crippen LogP contribution in [0.15, 0.2) is 12.2 Å². The van der Waals surface area contributed by atoms with Crippen molar-refractivity contribution in [3.8, 4) is 11.8 Å². The number of aliphatic hydroxyl groups is 2. The molecule has 0 amide bonds. The normalized spacial score (nSPS) is 26.5. The molecule has 0 aliphatic heterocycles.